The molecule has 0 amide bonds. The third kappa shape index (κ3) is 2.62. The Hall–Kier alpha value is -1.45. The van der Waals surface area contributed by atoms with Gasteiger partial charge in [0.1, 0.15) is 24.9 Å². The molecule has 2 fully saturated rings. The van der Waals surface area contributed by atoms with Crippen molar-refractivity contribution in [3.63, 3.8) is 0 Å². The summed E-state index contributed by atoms with van der Waals surface area (Å²) in [5.74, 6) is -1.09. The van der Waals surface area contributed by atoms with Crippen molar-refractivity contribution in [2.24, 2.45) is 0 Å². The van der Waals surface area contributed by atoms with Gasteiger partial charge in [-0.1, -0.05) is 0 Å². The minimum atomic E-state index is -1.09. The van der Waals surface area contributed by atoms with Gasteiger partial charge in [0.05, 0.1) is 13.2 Å². The molecule has 4 atom stereocenters. The number of rotatable bonds is 5. The first kappa shape index (κ1) is 12.0. The van der Waals surface area contributed by atoms with Crippen LogP contribution < -0.4 is 0 Å². The van der Waals surface area contributed by atoms with Crippen LogP contribution in [0.3, 0.4) is 0 Å². The van der Waals surface area contributed by atoms with E-state index in [4.69, 9.17) is 19.3 Å². The lowest BCUT2D eigenvalue weighted by molar-refractivity contribution is -0.769. The summed E-state index contributed by atoms with van der Waals surface area (Å²) >= 11 is 0. The van der Waals surface area contributed by atoms with Gasteiger partial charge in [0.25, 0.3) is 5.09 Å². The van der Waals surface area contributed by atoms with Crippen molar-refractivity contribution in [2.75, 3.05) is 19.8 Å². The largest absolute Gasteiger partial charge is 0.480 e. The van der Waals surface area contributed by atoms with Crippen molar-refractivity contribution in [3.05, 3.63) is 10.1 Å². The van der Waals surface area contributed by atoms with E-state index in [1.807, 2.05) is 0 Å². The second kappa shape index (κ2) is 4.82. The molecule has 0 saturated carbocycles. The van der Waals surface area contributed by atoms with E-state index in [1.165, 1.54) is 0 Å². The van der Waals surface area contributed by atoms with Crippen LogP contribution in [-0.2, 0) is 23.8 Å². The van der Waals surface area contributed by atoms with Crippen LogP contribution in [0.15, 0.2) is 0 Å². The van der Waals surface area contributed by atoms with Gasteiger partial charge in [-0.05, 0) is 0 Å². The number of carbonyl (C=O) groups is 1. The lowest BCUT2D eigenvalue weighted by Gasteiger charge is -2.15. The number of fused-ring (bicyclic) bond motifs is 1. The van der Waals surface area contributed by atoms with Gasteiger partial charge < -0.3 is 24.2 Å². The Morgan fingerprint density at radius 2 is 1.94 bits per heavy atom. The molecule has 2 aliphatic heterocycles. The smallest absolute Gasteiger partial charge is 0.329 e. The first-order chi connectivity index (χ1) is 8.08. The molecule has 96 valence electrons. The summed E-state index contributed by atoms with van der Waals surface area (Å²) in [6, 6.07) is 0. The minimum absolute atomic E-state index is 0.0310. The maximum absolute atomic E-state index is 10.3. The number of hydrogen-bond donors (Lipinski definition) is 1. The maximum Gasteiger partial charge on any atom is 0.329 e. The Morgan fingerprint density at radius 3 is 2.53 bits per heavy atom. The van der Waals surface area contributed by atoms with Crippen molar-refractivity contribution >= 4 is 5.97 Å². The summed E-state index contributed by atoms with van der Waals surface area (Å²) in [5.41, 5.74) is 0. The molecule has 1 N–H and O–H groups in total. The van der Waals surface area contributed by atoms with E-state index in [1.54, 1.807) is 0 Å². The number of carboxylic acid groups (broad SMARTS) is 1. The summed E-state index contributed by atoms with van der Waals surface area (Å²) in [5, 5.41) is 17.8. The molecule has 2 aliphatic rings. The molecule has 0 unspecified atom stereocenters. The van der Waals surface area contributed by atoms with Crippen LogP contribution in [0.2, 0.25) is 0 Å². The fraction of sp³-hybridized carbons (Fsp3) is 0.875. The van der Waals surface area contributed by atoms with Crippen LogP contribution in [0.1, 0.15) is 0 Å². The van der Waals surface area contributed by atoms with E-state index >= 15 is 0 Å². The lowest BCUT2D eigenvalue weighted by Crippen LogP contribution is -2.35. The summed E-state index contributed by atoms with van der Waals surface area (Å²) in [6.45, 7) is -0.287. The van der Waals surface area contributed by atoms with Crippen LogP contribution in [0.4, 0.5) is 0 Å². The van der Waals surface area contributed by atoms with Crippen LogP contribution in [0, 0.1) is 10.1 Å². The molecule has 17 heavy (non-hydrogen) atoms. The van der Waals surface area contributed by atoms with Crippen LogP contribution in [0.25, 0.3) is 0 Å². The quantitative estimate of drug-likeness (QED) is 0.478. The average Bonchev–Trinajstić information content (AvgIpc) is 2.78. The third-order valence-corrected chi connectivity index (χ3v) is 2.60. The highest BCUT2D eigenvalue weighted by atomic mass is 17.0. The van der Waals surface area contributed by atoms with Crippen molar-refractivity contribution in [3.8, 4) is 0 Å². The zero-order valence-electron chi connectivity index (χ0n) is 8.68. The highest BCUT2D eigenvalue weighted by Crippen LogP contribution is 2.30. The van der Waals surface area contributed by atoms with Crippen LogP contribution >= 0.6 is 0 Å². The first-order valence-electron chi connectivity index (χ1n) is 4.95. The lowest BCUT2D eigenvalue weighted by atomic mass is 10.1. The van der Waals surface area contributed by atoms with Gasteiger partial charge in [-0.25, -0.2) is 4.79 Å². The molecule has 0 radical (unpaired) electrons. The zero-order valence-corrected chi connectivity index (χ0v) is 8.68. The summed E-state index contributed by atoms with van der Waals surface area (Å²) in [4.78, 5) is 24.9. The van der Waals surface area contributed by atoms with Gasteiger partial charge in [0.15, 0.2) is 6.10 Å². The molecule has 2 heterocycles. The molecule has 0 aromatic heterocycles. The van der Waals surface area contributed by atoms with E-state index < -0.39 is 42.1 Å². The molecular weight excluding hydrogens is 238 g/mol. The normalized spacial score (nSPS) is 35.5. The SMILES string of the molecule is O=C(O)CO[C@H]1CO[C@H]2[C@@H]1OC[C@H]2O[N+](=O)[O-]. The average molecular weight is 249 g/mol. The minimum Gasteiger partial charge on any atom is -0.480 e. The zero-order chi connectivity index (χ0) is 12.4. The van der Waals surface area contributed by atoms with E-state index in [2.05, 4.69) is 4.84 Å². The Kier molecular flexibility index (Phi) is 3.41. The summed E-state index contributed by atoms with van der Waals surface area (Å²) in [7, 11) is 0. The molecular formula is C8H11NO8. The molecule has 9 nitrogen and oxygen atoms in total. The fourth-order valence-corrected chi connectivity index (χ4v) is 1.95. The van der Waals surface area contributed by atoms with E-state index in [0.717, 1.165) is 0 Å². The van der Waals surface area contributed by atoms with Gasteiger partial charge in [-0.2, -0.15) is 0 Å². The van der Waals surface area contributed by atoms with Gasteiger partial charge in [-0.15, -0.1) is 10.1 Å². The van der Waals surface area contributed by atoms with E-state index in [0.29, 0.717) is 0 Å². The Bertz CT molecular complexity index is 321. The number of nitrogens with zero attached hydrogens (tertiary/aromatic N) is 1. The fourth-order valence-electron chi connectivity index (χ4n) is 1.95. The van der Waals surface area contributed by atoms with Crippen LogP contribution in [0.5, 0.6) is 0 Å². The monoisotopic (exact) mass is 249 g/mol. The van der Waals surface area contributed by atoms with Crippen molar-refractivity contribution in [1.82, 2.24) is 0 Å². The molecule has 2 saturated heterocycles. The Labute approximate surface area is 95.3 Å². The highest BCUT2D eigenvalue weighted by molar-refractivity contribution is 5.68. The molecule has 2 rings (SSSR count). The predicted octanol–water partition coefficient (Wildman–Crippen LogP) is -1.17. The third-order valence-electron chi connectivity index (χ3n) is 2.60. The number of ether oxygens (including phenoxy) is 3. The van der Waals surface area contributed by atoms with Gasteiger partial charge in [0.2, 0.25) is 0 Å². The van der Waals surface area contributed by atoms with E-state index in [-0.39, 0.29) is 13.2 Å². The Morgan fingerprint density at radius 1 is 1.35 bits per heavy atom. The van der Waals surface area contributed by atoms with Gasteiger partial charge >= 0.3 is 5.97 Å². The van der Waals surface area contributed by atoms with Crippen LogP contribution in [-0.4, -0.2) is 60.4 Å². The van der Waals surface area contributed by atoms with Crippen molar-refractivity contribution in [1.29, 1.82) is 0 Å². The number of aliphatic carboxylic acids is 1. The topological polar surface area (TPSA) is 117 Å². The molecule has 0 bridgehead atoms. The standard InChI is InChI=1S/C8H11NO8/c10-6(11)3-14-4-1-15-8-5(17-9(12)13)2-16-7(4)8/h4-5,7-8H,1-3H2,(H,10,11)/t4-,5+,7+,8+/m0/s1. The molecule has 9 heteroatoms. The molecule has 0 aromatic rings. The highest BCUT2D eigenvalue weighted by Gasteiger charge is 2.50. The van der Waals surface area contributed by atoms with Crippen molar-refractivity contribution < 1.29 is 34.0 Å². The van der Waals surface area contributed by atoms with Crippen molar-refractivity contribution in [2.45, 2.75) is 24.4 Å². The second-order valence-corrected chi connectivity index (χ2v) is 3.71. The number of hydrogen-bond acceptors (Lipinski definition) is 7. The second-order valence-electron chi connectivity index (χ2n) is 3.71. The number of carboxylic acids is 1. The molecule has 0 aliphatic carbocycles. The predicted molar refractivity (Wildman–Crippen MR) is 48.7 cm³/mol. The first-order valence-corrected chi connectivity index (χ1v) is 4.95. The maximum atomic E-state index is 10.3. The summed E-state index contributed by atoms with van der Waals surface area (Å²) < 4.78 is 15.6. The molecule has 0 spiro atoms. The van der Waals surface area contributed by atoms with Gasteiger partial charge in [0, 0.05) is 0 Å². The van der Waals surface area contributed by atoms with E-state index in [9.17, 15) is 14.9 Å². The Balaban J connectivity index is 1.88. The molecule has 0 aromatic carbocycles. The summed E-state index contributed by atoms with van der Waals surface area (Å²) in [6.07, 6.45) is -2.41. The van der Waals surface area contributed by atoms with Gasteiger partial charge in [-0.3, -0.25) is 0 Å².